The van der Waals surface area contributed by atoms with E-state index in [0.717, 1.165) is 18.4 Å². The van der Waals surface area contributed by atoms with Crippen molar-refractivity contribution < 1.29 is 14.7 Å². The number of nitrogens with zero attached hydrogens (tertiary/aromatic N) is 2. The van der Waals surface area contributed by atoms with Gasteiger partial charge in [0.15, 0.2) is 0 Å². The number of carbonyl (C=O) groups is 2. The smallest absolute Gasteiger partial charge is 0.329 e. The normalized spacial score (nSPS) is 23.0. The number of hydrogen-bond donors (Lipinski definition) is 3. The number of nitrogens with one attached hydrogen (secondary N) is 2. The van der Waals surface area contributed by atoms with Crippen molar-refractivity contribution in [3.63, 3.8) is 0 Å². The summed E-state index contributed by atoms with van der Waals surface area (Å²) >= 11 is 0. The van der Waals surface area contributed by atoms with E-state index in [1.54, 1.807) is 12.4 Å². The number of amides is 2. The Morgan fingerprint density at radius 2 is 2.38 bits per heavy atom. The average Bonchev–Trinajstić information content (AvgIpc) is 3.08. The molecule has 7 nitrogen and oxygen atoms in total. The van der Waals surface area contributed by atoms with Crippen LogP contribution in [0.5, 0.6) is 0 Å². The fraction of sp³-hybridized carbons (Fsp3) is 0.643. The van der Waals surface area contributed by atoms with Crippen molar-refractivity contribution in [2.75, 3.05) is 6.54 Å². The number of likely N-dealkylation sites (tertiary alicyclic amines) is 1. The minimum atomic E-state index is -1.06. The van der Waals surface area contributed by atoms with Crippen LogP contribution in [0.3, 0.4) is 0 Å². The third-order valence-electron chi connectivity index (χ3n) is 4.15. The molecular weight excluding hydrogens is 272 g/mol. The van der Waals surface area contributed by atoms with E-state index >= 15 is 0 Å². The molecule has 7 heteroatoms. The van der Waals surface area contributed by atoms with Gasteiger partial charge in [-0.25, -0.2) is 9.59 Å². The number of urea groups is 1. The Bertz CT molecular complexity index is 502. The predicted molar refractivity (Wildman–Crippen MR) is 76.7 cm³/mol. The molecule has 2 amide bonds. The lowest BCUT2D eigenvalue weighted by Crippen LogP contribution is -2.56. The molecule has 1 aromatic heterocycles. The molecule has 0 bridgehead atoms. The van der Waals surface area contributed by atoms with Gasteiger partial charge in [-0.05, 0) is 26.2 Å². The Hall–Kier alpha value is -2.05. The van der Waals surface area contributed by atoms with Crippen LogP contribution in [0.4, 0.5) is 4.79 Å². The summed E-state index contributed by atoms with van der Waals surface area (Å²) in [6.07, 6.45) is 5.81. The van der Waals surface area contributed by atoms with Crippen LogP contribution >= 0.6 is 0 Å². The fourth-order valence-electron chi connectivity index (χ4n) is 3.02. The van der Waals surface area contributed by atoms with E-state index in [2.05, 4.69) is 15.5 Å². The summed E-state index contributed by atoms with van der Waals surface area (Å²) in [5.74, 6) is -0.909. The molecule has 0 spiro atoms. The maximum absolute atomic E-state index is 12.5. The number of hydrogen-bond acceptors (Lipinski definition) is 3. The van der Waals surface area contributed by atoms with Crippen LogP contribution in [-0.4, -0.2) is 44.3 Å². The van der Waals surface area contributed by atoms with E-state index in [1.165, 1.54) is 4.90 Å². The number of rotatable bonds is 5. The van der Waals surface area contributed by atoms with E-state index in [-0.39, 0.29) is 12.1 Å². The first-order valence-corrected chi connectivity index (χ1v) is 7.31. The number of carboxylic acids is 1. The van der Waals surface area contributed by atoms with Gasteiger partial charge in [-0.15, -0.1) is 0 Å². The van der Waals surface area contributed by atoms with Crippen molar-refractivity contribution in [2.45, 2.75) is 51.1 Å². The average molecular weight is 294 g/mol. The van der Waals surface area contributed by atoms with Crippen LogP contribution in [0, 0.1) is 0 Å². The van der Waals surface area contributed by atoms with Crippen LogP contribution in [0.25, 0.3) is 0 Å². The second-order valence-electron chi connectivity index (χ2n) is 5.54. The van der Waals surface area contributed by atoms with Crippen molar-refractivity contribution in [1.82, 2.24) is 20.4 Å². The highest BCUT2D eigenvalue weighted by Crippen LogP contribution is 2.34. The van der Waals surface area contributed by atoms with Crippen molar-refractivity contribution in [1.29, 1.82) is 0 Å². The molecule has 1 fully saturated rings. The van der Waals surface area contributed by atoms with Gasteiger partial charge in [0.1, 0.15) is 5.54 Å². The Morgan fingerprint density at radius 3 is 2.95 bits per heavy atom. The second kappa shape index (κ2) is 6.15. The minimum Gasteiger partial charge on any atom is -0.479 e. The molecule has 2 rings (SSSR count). The number of aromatic amines is 1. The number of aliphatic carboxylic acids is 1. The molecule has 0 saturated carbocycles. The summed E-state index contributed by atoms with van der Waals surface area (Å²) < 4.78 is 0. The van der Waals surface area contributed by atoms with Crippen molar-refractivity contribution in [3.8, 4) is 0 Å². The van der Waals surface area contributed by atoms with Gasteiger partial charge in [-0.1, -0.05) is 13.3 Å². The van der Waals surface area contributed by atoms with E-state index in [1.807, 2.05) is 13.8 Å². The summed E-state index contributed by atoms with van der Waals surface area (Å²) in [7, 11) is 0. The predicted octanol–water partition coefficient (Wildman–Crippen LogP) is 1.90. The molecule has 1 aromatic rings. The first kappa shape index (κ1) is 15.3. The molecule has 1 saturated heterocycles. The summed E-state index contributed by atoms with van der Waals surface area (Å²) in [6, 6.07) is -0.540. The van der Waals surface area contributed by atoms with Crippen LogP contribution in [-0.2, 0) is 4.79 Å². The third-order valence-corrected chi connectivity index (χ3v) is 4.15. The zero-order valence-corrected chi connectivity index (χ0v) is 12.4. The SMILES string of the molecule is CCCC1(C(=O)O)CCCN1C(=O)NC(C)c1cn[nH]c1. The number of carboxylic acid groups (broad SMARTS) is 1. The quantitative estimate of drug-likeness (QED) is 0.772. The molecular formula is C14H22N4O3. The zero-order chi connectivity index (χ0) is 15.5. The van der Waals surface area contributed by atoms with Gasteiger partial charge in [-0.2, -0.15) is 5.10 Å². The molecule has 2 heterocycles. The Kier molecular flexibility index (Phi) is 4.50. The first-order chi connectivity index (χ1) is 10.0. The van der Waals surface area contributed by atoms with Gasteiger partial charge < -0.3 is 15.3 Å². The van der Waals surface area contributed by atoms with Gasteiger partial charge in [0.25, 0.3) is 0 Å². The van der Waals surface area contributed by atoms with E-state index in [4.69, 9.17) is 0 Å². The van der Waals surface area contributed by atoms with Gasteiger partial charge in [0.2, 0.25) is 0 Å². The van der Waals surface area contributed by atoms with Crippen LogP contribution < -0.4 is 5.32 Å². The number of H-pyrrole nitrogens is 1. The largest absolute Gasteiger partial charge is 0.479 e. The first-order valence-electron chi connectivity index (χ1n) is 7.31. The maximum atomic E-state index is 12.5. The molecule has 0 aliphatic carbocycles. The van der Waals surface area contributed by atoms with Crippen molar-refractivity contribution in [2.24, 2.45) is 0 Å². The van der Waals surface area contributed by atoms with Crippen LogP contribution in [0.1, 0.15) is 51.1 Å². The highest BCUT2D eigenvalue weighted by Gasteiger charge is 2.49. The molecule has 1 aliphatic rings. The van der Waals surface area contributed by atoms with Gasteiger partial charge in [0, 0.05) is 18.3 Å². The lowest BCUT2D eigenvalue weighted by atomic mass is 9.91. The lowest BCUT2D eigenvalue weighted by Gasteiger charge is -2.35. The summed E-state index contributed by atoms with van der Waals surface area (Å²) in [6.45, 7) is 4.27. The Labute approximate surface area is 123 Å². The van der Waals surface area contributed by atoms with Crippen LogP contribution in [0.15, 0.2) is 12.4 Å². The topological polar surface area (TPSA) is 98.3 Å². The molecule has 21 heavy (non-hydrogen) atoms. The number of carbonyl (C=O) groups excluding carboxylic acids is 1. The van der Waals surface area contributed by atoms with E-state index in [0.29, 0.717) is 19.4 Å². The van der Waals surface area contributed by atoms with Crippen LogP contribution in [0.2, 0.25) is 0 Å². The second-order valence-corrected chi connectivity index (χ2v) is 5.54. The molecule has 2 unspecified atom stereocenters. The molecule has 0 aromatic carbocycles. The highest BCUT2D eigenvalue weighted by molar-refractivity contribution is 5.87. The molecule has 1 aliphatic heterocycles. The van der Waals surface area contributed by atoms with Gasteiger partial charge in [-0.3, -0.25) is 5.10 Å². The standard InChI is InChI=1S/C14H22N4O3/c1-3-5-14(12(19)20)6-4-7-18(14)13(21)17-10(2)11-8-15-16-9-11/h8-10H,3-7H2,1-2H3,(H,15,16)(H,17,21)(H,19,20). The minimum absolute atomic E-state index is 0.218. The summed E-state index contributed by atoms with van der Waals surface area (Å²) in [4.78, 5) is 25.7. The molecule has 2 atom stereocenters. The lowest BCUT2D eigenvalue weighted by molar-refractivity contribution is -0.148. The molecule has 0 radical (unpaired) electrons. The van der Waals surface area contributed by atoms with E-state index in [9.17, 15) is 14.7 Å². The van der Waals surface area contributed by atoms with Crippen molar-refractivity contribution in [3.05, 3.63) is 18.0 Å². The summed E-state index contributed by atoms with van der Waals surface area (Å²) in [5, 5.41) is 19.0. The number of aromatic nitrogens is 2. The fourth-order valence-corrected chi connectivity index (χ4v) is 3.02. The van der Waals surface area contributed by atoms with Crippen molar-refractivity contribution >= 4 is 12.0 Å². The Balaban J connectivity index is 2.11. The molecule has 3 N–H and O–H groups in total. The monoisotopic (exact) mass is 294 g/mol. The Morgan fingerprint density at radius 1 is 1.62 bits per heavy atom. The third kappa shape index (κ3) is 2.86. The van der Waals surface area contributed by atoms with Gasteiger partial charge in [0.05, 0.1) is 12.2 Å². The summed E-state index contributed by atoms with van der Waals surface area (Å²) in [5.41, 5.74) is -0.200. The maximum Gasteiger partial charge on any atom is 0.329 e. The van der Waals surface area contributed by atoms with Gasteiger partial charge >= 0.3 is 12.0 Å². The zero-order valence-electron chi connectivity index (χ0n) is 12.4. The van der Waals surface area contributed by atoms with E-state index < -0.39 is 11.5 Å². The highest BCUT2D eigenvalue weighted by atomic mass is 16.4. The molecule has 116 valence electrons.